The van der Waals surface area contributed by atoms with E-state index in [0.717, 1.165) is 25.7 Å². The lowest BCUT2D eigenvalue weighted by atomic mass is 10.1. The predicted octanol–water partition coefficient (Wildman–Crippen LogP) is 6.26. The maximum atomic E-state index is 11.8. The van der Waals surface area contributed by atoms with Crippen molar-refractivity contribution >= 4 is 5.97 Å². The molecule has 0 aliphatic rings. The SMILES string of the molecule is CC(C)=CCC/C(C)=C/CC/C(C)=C/COC(=O)c1ccccc1. The van der Waals surface area contributed by atoms with Gasteiger partial charge in [-0.3, -0.25) is 0 Å². The molecule has 0 saturated heterocycles. The second kappa shape index (κ2) is 11.4. The van der Waals surface area contributed by atoms with Gasteiger partial charge in [-0.2, -0.15) is 0 Å². The molecule has 0 radical (unpaired) electrons. The van der Waals surface area contributed by atoms with E-state index >= 15 is 0 Å². The molecule has 0 aliphatic carbocycles. The second-order valence-corrected chi connectivity index (χ2v) is 6.42. The highest BCUT2D eigenvalue weighted by atomic mass is 16.5. The second-order valence-electron chi connectivity index (χ2n) is 6.42. The van der Waals surface area contributed by atoms with Crippen LogP contribution in [0.3, 0.4) is 0 Å². The lowest BCUT2D eigenvalue weighted by Gasteiger charge is -2.04. The Hall–Kier alpha value is -2.09. The molecule has 0 fully saturated rings. The minimum Gasteiger partial charge on any atom is -0.458 e. The Kier molecular flexibility index (Phi) is 9.52. The number of allylic oxidation sites excluding steroid dienone is 5. The van der Waals surface area contributed by atoms with Gasteiger partial charge in [0.2, 0.25) is 0 Å². The van der Waals surface area contributed by atoms with Crippen molar-refractivity contribution < 1.29 is 9.53 Å². The molecule has 0 bridgehead atoms. The van der Waals surface area contributed by atoms with E-state index in [-0.39, 0.29) is 5.97 Å². The van der Waals surface area contributed by atoms with E-state index in [4.69, 9.17) is 4.74 Å². The third kappa shape index (κ3) is 9.14. The summed E-state index contributed by atoms with van der Waals surface area (Å²) in [6, 6.07) is 9.09. The first kappa shape index (κ1) is 20.0. The summed E-state index contributed by atoms with van der Waals surface area (Å²) in [5.41, 5.74) is 4.67. The third-order valence-corrected chi connectivity index (χ3v) is 3.78. The fraction of sp³-hybridized carbons (Fsp3) is 0.409. The molecule has 0 amide bonds. The fourth-order valence-electron chi connectivity index (χ4n) is 2.26. The number of esters is 1. The molecule has 0 saturated carbocycles. The average Bonchev–Trinajstić information content (AvgIpc) is 2.55. The summed E-state index contributed by atoms with van der Waals surface area (Å²) in [4.78, 5) is 11.8. The van der Waals surface area contributed by atoms with Gasteiger partial charge >= 0.3 is 5.97 Å². The fourth-order valence-corrected chi connectivity index (χ4v) is 2.26. The van der Waals surface area contributed by atoms with Crippen LogP contribution in [0.4, 0.5) is 0 Å². The normalized spacial score (nSPS) is 12.0. The Bertz CT molecular complexity index is 588. The van der Waals surface area contributed by atoms with Crippen LogP contribution in [0, 0.1) is 0 Å². The van der Waals surface area contributed by atoms with Gasteiger partial charge in [-0.05, 0) is 71.6 Å². The Labute approximate surface area is 146 Å². The molecule has 0 N–H and O–H groups in total. The molecule has 130 valence electrons. The van der Waals surface area contributed by atoms with Crippen molar-refractivity contribution in [3.63, 3.8) is 0 Å². The molecule has 0 unspecified atom stereocenters. The molecule has 24 heavy (non-hydrogen) atoms. The summed E-state index contributed by atoms with van der Waals surface area (Å²) in [6.45, 7) is 8.89. The van der Waals surface area contributed by atoms with Crippen LogP contribution < -0.4 is 0 Å². The van der Waals surface area contributed by atoms with Crippen molar-refractivity contribution in [3.8, 4) is 0 Å². The van der Waals surface area contributed by atoms with Gasteiger partial charge in [-0.25, -0.2) is 4.79 Å². The standard InChI is InChI=1S/C22H30O2/c1-18(2)10-8-11-19(3)12-9-13-20(4)16-17-24-22(23)21-14-6-5-7-15-21/h5-7,10,12,14-16H,8-9,11,13,17H2,1-4H3/b19-12+,20-16+. The maximum absolute atomic E-state index is 11.8. The lowest BCUT2D eigenvalue weighted by Crippen LogP contribution is -2.04. The highest BCUT2D eigenvalue weighted by Gasteiger charge is 2.04. The topological polar surface area (TPSA) is 26.3 Å². The van der Waals surface area contributed by atoms with Crippen LogP contribution >= 0.6 is 0 Å². The smallest absolute Gasteiger partial charge is 0.338 e. The lowest BCUT2D eigenvalue weighted by molar-refractivity contribution is 0.0549. The Morgan fingerprint density at radius 3 is 2.08 bits per heavy atom. The number of benzene rings is 1. The number of hydrogen-bond donors (Lipinski definition) is 0. The number of rotatable bonds is 9. The van der Waals surface area contributed by atoms with Crippen molar-refractivity contribution in [3.05, 3.63) is 70.8 Å². The Morgan fingerprint density at radius 1 is 0.875 bits per heavy atom. The molecule has 1 rings (SSSR count). The van der Waals surface area contributed by atoms with Crippen molar-refractivity contribution in [2.75, 3.05) is 6.61 Å². The number of hydrogen-bond acceptors (Lipinski definition) is 2. The monoisotopic (exact) mass is 326 g/mol. The van der Waals surface area contributed by atoms with E-state index in [1.54, 1.807) is 12.1 Å². The molecule has 2 heteroatoms. The van der Waals surface area contributed by atoms with Gasteiger partial charge in [0.05, 0.1) is 5.56 Å². The van der Waals surface area contributed by atoms with E-state index < -0.39 is 0 Å². The summed E-state index contributed by atoms with van der Waals surface area (Å²) < 4.78 is 5.26. The summed E-state index contributed by atoms with van der Waals surface area (Å²) in [5, 5.41) is 0. The van der Waals surface area contributed by atoms with E-state index in [2.05, 4.69) is 39.8 Å². The van der Waals surface area contributed by atoms with Crippen molar-refractivity contribution in [1.29, 1.82) is 0 Å². The largest absolute Gasteiger partial charge is 0.458 e. The van der Waals surface area contributed by atoms with Gasteiger partial charge in [0.25, 0.3) is 0 Å². The van der Waals surface area contributed by atoms with Crippen LogP contribution in [0.1, 0.15) is 63.7 Å². The van der Waals surface area contributed by atoms with Crippen molar-refractivity contribution in [2.45, 2.75) is 53.4 Å². The Morgan fingerprint density at radius 2 is 1.46 bits per heavy atom. The van der Waals surface area contributed by atoms with Crippen LogP contribution in [-0.4, -0.2) is 12.6 Å². The average molecular weight is 326 g/mol. The van der Waals surface area contributed by atoms with Gasteiger partial charge < -0.3 is 4.74 Å². The van der Waals surface area contributed by atoms with Crippen LogP contribution in [0.5, 0.6) is 0 Å². The van der Waals surface area contributed by atoms with E-state index in [1.165, 1.54) is 16.7 Å². The van der Waals surface area contributed by atoms with Gasteiger partial charge in [-0.1, -0.05) is 47.1 Å². The molecular formula is C22H30O2. The van der Waals surface area contributed by atoms with E-state index in [1.807, 2.05) is 24.3 Å². The highest BCUT2D eigenvalue weighted by molar-refractivity contribution is 5.89. The number of carbonyl (C=O) groups excluding carboxylic acids is 1. The predicted molar refractivity (Wildman–Crippen MR) is 102 cm³/mol. The van der Waals surface area contributed by atoms with Crippen molar-refractivity contribution in [1.82, 2.24) is 0 Å². The third-order valence-electron chi connectivity index (χ3n) is 3.78. The summed E-state index contributed by atoms with van der Waals surface area (Å²) in [7, 11) is 0. The molecule has 0 aliphatic heterocycles. The van der Waals surface area contributed by atoms with Gasteiger partial charge in [0.15, 0.2) is 0 Å². The van der Waals surface area contributed by atoms with Crippen LogP contribution in [-0.2, 0) is 4.74 Å². The first-order chi connectivity index (χ1) is 11.5. The van der Waals surface area contributed by atoms with Gasteiger partial charge in [0, 0.05) is 0 Å². The van der Waals surface area contributed by atoms with Crippen LogP contribution in [0.15, 0.2) is 65.3 Å². The molecule has 2 nitrogen and oxygen atoms in total. The molecule has 1 aromatic rings. The van der Waals surface area contributed by atoms with E-state index in [9.17, 15) is 4.79 Å². The maximum Gasteiger partial charge on any atom is 0.338 e. The zero-order valence-electron chi connectivity index (χ0n) is 15.5. The molecule has 0 spiro atoms. The first-order valence-corrected chi connectivity index (χ1v) is 8.66. The molecule has 0 aromatic heterocycles. The molecule has 1 aromatic carbocycles. The summed E-state index contributed by atoms with van der Waals surface area (Å²) in [6.07, 6.45) is 10.9. The zero-order chi connectivity index (χ0) is 17.8. The summed E-state index contributed by atoms with van der Waals surface area (Å²) >= 11 is 0. The minimum absolute atomic E-state index is 0.269. The number of carbonyl (C=O) groups is 1. The van der Waals surface area contributed by atoms with Gasteiger partial charge in [0.1, 0.15) is 6.61 Å². The molecular weight excluding hydrogens is 296 g/mol. The van der Waals surface area contributed by atoms with Crippen molar-refractivity contribution in [2.24, 2.45) is 0 Å². The molecule has 0 atom stereocenters. The highest BCUT2D eigenvalue weighted by Crippen LogP contribution is 2.11. The van der Waals surface area contributed by atoms with Crippen LogP contribution in [0.25, 0.3) is 0 Å². The summed E-state index contributed by atoms with van der Waals surface area (Å²) in [5.74, 6) is -0.269. The Balaban J connectivity index is 2.27. The van der Waals surface area contributed by atoms with E-state index in [0.29, 0.717) is 12.2 Å². The number of ether oxygens (including phenoxy) is 1. The van der Waals surface area contributed by atoms with Crippen LogP contribution in [0.2, 0.25) is 0 Å². The van der Waals surface area contributed by atoms with Gasteiger partial charge in [-0.15, -0.1) is 0 Å². The minimum atomic E-state index is -0.269. The zero-order valence-corrected chi connectivity index (χ0v) is 15.5. The first-order valence-electron chi connectivity index (χ1n) is 8.66. The molecule has 0 heterocycles. The quantitative estimate of drug-likeness (QED) is 0.395.